The van der Waals surface area contributed by atoms with Crippen LogP contribution in [0.4, 0.5) is 4.39 Å². The Bertz CT molecular complexity index is 579. The van der Waals surface area contributed by atoms with Gasteiger partial charge in [-0.1, -0.05) is 11.6 Å². The van der Waals surface area contributed by atoms with Crippen LogP contribution in [0.3, 0.4) is 0 Å². The van der Waals surface area contributed by atoms with Gasteiger partial charge >= 0.3 is 5.97 Å². The Morgan fingerprint density at radius 2 is 2.25 bits per heavy atom. The SMILES string of the molecule is COc1ccc2c(Cl)c(C(=O)O)sc2c1F. The molecule has 0 atom stereocenters. The maximum Gasteiger partial charge on any atom is 0.347 e. The molecule has 1 heterocycles. The molecule has 2 rings (SSSR count). The second-order valence-corrected chi connectivity index (χ2v) is 4.41. The zero-order chi connectivity index (χ0) is 11.9. The average molecular weight is 261 g/mol. The molecule has 0 amide bonds. The lowest BCUT2D eigenvalue weighted by Gasteiger charge is -2.01. The van der Waals surface area contributed by atoms with Gasteiger partial charge in [0.15, 0.2) is 11.6 Å². The van der Waals surface area contributed by atoms with Gasteiger partial charge in [0.25, 0.3) is 0 Å². The molecular formula is C10H6ClFO3S. The van der Waals surface area contributed by atoms with Crippen LogP contribution in [0.25, 0.3) is 10.1 Å². The lowest BCUT2D eigenvalue weighted by molar-refractivity contribution is 0.0702. The van der Waals surface area contributed by atoms with Gasteiger partial charge in [0.05, 0.1) is 16.8 Å². The smallest absolute Gasteiger partial charge is 0.347 e. The Hall–Kier alpha value is -1.33. The second-order valence-electron chi connectivity index (χ2n) is 3.01. The molecule has 16 heavy (non-hydrogen) atoms. The minimum Gasteiger partial charge on any atom is -0.494 e. The van der Waals surface area contributed by atoms with E-state index in [1.54, 1.807) is 6.07 Å². The summed E-state index contributed by atoms with van der Waals surface area (Å²) in [5, 5.41) is 9.31. The van der Waals surface area contributed by atoms with Crippen LogP contribution in [0.1, 0.15) is 9.67 Å². The molecule has 0 saturated carbocycles. The number of carboxylic acid groups (broad SMARTS) is 1. The molecule has 0 unspecified atom stereocenters. The van der Waals surface area contributed by atoms with Crippen molar-refractivity contribution >= 4 is 39.0 Å². The summed E-state index contributed by atoms with van der Waals surface area (Å²) in [6.07, 6.45) is 0. The van der Waals surface area contributed by atoms with Crippen LogP contribution in [0, 0.1) is 5.82 Å². The molecule has 2 aromatic rings. The highest BCUT2D eigenvalue weighted by Gasteiger charge is 2.20. The summed E-state index contributed by atoms with van der Waals surface area (Å²) >= 11 is 6.64. The van der Waals surface area contributed by atoms with E-state index in [0.717, 1.165) is 11.3 Å². The first-order chi connectivity index (χ1) is 7.56. The zero-order valence-electron chi connectivity index (χ0n) is 8.08. The van der Waals surface area contributed by atoms with Crippen LogP contribution in [-0.4, -0.2) is 18.2 Å². The number of hydrogen-bond acceptors (Lipinski definition) is 3. The first kappa shape index (κ1) is 11.2. The van der Waals surface area contributed by atoms with Gasteiger partial charge < -0.3 is 9.84 Å². The molecule has 0 aliphatic carbocycles. The van der Waals surface area contributed by atoms with Gasteiger partial charge in [0, 0.05) is 5.39 Å². The fourth-order valence-corrected chi connectivity index (χ4v) is 2.75. The van der Waals surface area contributed by atoms with Crippen molar-refractivity contribution in [2.24, 2.45) is 0 Å². The molecule has 0 aliphatic heterocycles. The van der Waals surface area contributed by atoms with Crippen LogP contribution < -0.4 is 4.74 Å². The highest BCUT2D eigenvalue weighted by Crippen LogP contribution is 2.39. The summed E-state index contributed by atoms with van der Waals surface area (Å²) in [5.74, 6) is -1.67. The van der Waals surface area contributed by atoms with Crippen LogP contribution >= 0.6 is 22.9 Å². The lowest BCUT2D eigenvalue weighted by Crippen LogP contribution is -1.91. The monoisotopic (exact) mass is 260 g/mol. The number of methoxy groups -OCH3 is 1. The lowest BCUT2D eigenvalue weighted by atomic mass is 10.2. The number of ether oxygens (including phenoxy) is 1. The molecule has 0 bridgehead atoms. The Kier molecular flexibility index (Phi) is 2.73. The van der Waals surface area contributed by atoms with Gasteiger partial charge in [-0.05, 0) is 12.1 Å². The number of carbonyl (C=O) groups is 1. The van der Waals surface area contributed by atoms with Crippen molar-refractivity contribution in [1.82, 2.24) is 0 Å². The van der Waals surface area contributed by atoms with Gasteiger partial charge in [-0.2, -0.15) is 0 Å². The maximum atomic E-state index is 13.8. The number of hydrogen-bond donors (Lipinski definition) is 1. The van der Waals surface area contributed by atoms with Crippen LogP contribution in [0.15, 0.2) is 12.1 Å². The molecule has 0 saturated heterocycles. The van der Waals surface area contributed by atoms with Crippen LogP contribution in [0.2, 0.25) is 5.02 Å². The quantitative estimate of drug-likeness (QED) is 0.900. The number of aromatic carboxylic acids is 1. The molecule has 1 aromatic heterocycles. The van der Waals surface area contributed by atoms with Crippen molar-refractivity contribution < 1.29 is 19.0 Å². The van der Waals surface area contributed by atoms with Crippen LogP contribution in [0.5, 0.6) is 5.75 Å². The number of thiophene rings is 1. The summed E-state index contributed by atoms with van der Waals surface area (Å²) < 4.78 is 18.8. The van der Waals surface area contributed by atoms with Crippen molar-refractivity contribution in [1.29, 1.82) is 0 Å². The third kappa shape index (κ3) is 1.52. The summed E-state index contributed by atoms with van der Waals surface area (Å²) in [4.78, 5) is 10.8. The summed E-state index contributed by atoms with van der Waals surface area (Å²) in [7, 11) is 1.34. The Morgan fingerprint density at radius 3 is 2.81 bits per heavy atom. The molecule has 0 spiro atoms. The van der Waals surface area contributed by atoms with Crippen molar-refractivity contribution in [2.45, 2.75) is 0 Å². The fraction of sp³-hybridized carbons (Fsp3) is 0.100. The van der Waals surface area contributed by atoms with E-state index in [9.17, 15) is 9.18 Å². The largest absolute Gasteiger partial charge is 0.494 e. The number of carboxylic acids is 1. The molecule has 3 nitrogen and oxygen atoms in total. The first-order valence-electron chi connectivity index (χ1n) is 4.24. The highest BCUT2D eigenvalue weighted by atomic mass is 35.5. The van der Waals surface area contributed by atoms with Crippen molar-refractivity contribution in [3.8, 4) is 5.75 Å². The third-order valence-corrected chi connectivity index (χ3v) is 3.81. The predicted octanol–water partition coefficient (Wildman–Crippen LogP) is 3.40. The predicted molar refractivity (Wildman–Crippen MR) is 60.3 cm³/mol. The van der Waals surface area contributed by atoms with E-state index in [1.807, 2.05) is 0 Å². The Labute approximate surface area is 99.0 Å². The topological polar surface area (TPSA) is 46.5 Å². The van der Waals surface area contributed by atoms with E-state index in [0.29, 0.717) is 5.39 Å². The van der Waals surface area contributed by atoms with E-state index < -0.39 is 11.8 Å². The Balaban J connectivity index is 2.81. The second kappa shape index (κ2) is 3.92. The minimum absolute atomic E-state index is 0.0639. The van der Waals surface area contributed by atoms with Gasteiger partial charge in [-0.15, -0.1) is 11.3 Å². The molecule has 1 aromatic carbocycles. The van der Waals surface area contributed by atoms with Crippen LogP contribution in [-0.2, 0) is 0 Å². The summed E-state index contributed by atoms with van der Waals surface area (Å²) in [6, 6.07) is 2.96. The fourth-order valence-electron chi connectivity index (χ4n) is 1.37. The van der Waals surface area contributed by atoms with Gasteiger partial charge in [0.2, 0.25) is 0 Å². The van der Waals surface area contributed by atoms with Gasteiger partial charge in [0.1, 0.15) is 4.88 Å². The number of halogens is 2. The molecule has 0 aliphatic rings. The number of benzene rings is 1. The molecule has 0 fully saturated rings. The third-order valence-electron chi connectivity index (χ3n) is 2.12. The normalized spacial score (nSPS) is 10.7. The van der Waals surface area contributed by atoms with Crippen molar-refractivity contribution in [3.63, 3.8) is 0 Å². The molecule has 6 heteroatoms. The highest BCUT2D eigenvalue weighted by molar-refractivity contribution is 7.21. The van der Waals surface area contributed by atoms with E-state index in [1.165, 1.54) is 13.2 Å². The van der Waals surface area contributed by atoms with Gasteiger partial charge in [-0.3, -0.25) is 0 Å². The van der Waals surface area contributed by atoms with E-state index >= 15 is 0 Å². The molecule has 84 valence electrons. The molecule has 0 radical (unpaired) electrons. The number of fused-ring (bicyclic) bond motifs is 1. The summed E-state index contributed by atoms with van der Waals surface area (Å²) in [6.45, 7) is 0. The molecule has 1 N–H and O–H groups in total. The van der Waals surface area contributed by atoms with Gasteiger partial charge in [-0.25, -0.2) is 9.18 Å². The molecular weight excluding hydrogens is 255 g/mol. The zero-order valence-corrected chi connectivity index (χ0v) is 9.66. The van der Waals surface area contributed by atoms with Crippen molar-refractivity contribution in [2.75, 3.05) is 7.11 Å². The Morgan fingerprint density at radius 1 is 1.56 bits per heavy atom. The first-order valence-corrected chi connectivity index (χ1v) is 5.43. The average Bonchev–Trinajstić information content (AvgIpc) is 2.58. The number of rotatable bonds is 2. The van der Waals surface area contributed by atoms with E-state index in [2.05, 4.69) is 0 Å². The maximum absolute atomic E-state index is 13.8. The van der Waals surface area contributed by atoms with E-state index in [-0.39, 0.29) is 20.3 Å². The minimum atomic E-state index is -1.16. The standard InChI is InChI=1S/C10H6ClFO3S/c1-15-5-3-2-4-6(11)9(10(13)14)16-8(4)7(5)12/h2-3H,1H3,(H,13,14). The summed E-state index contributed by atoms with van der Waals surface area (Å²) in [5.41, 5.74) is 0. The van der Waals surface area contributed by atoms with E-state index in [4.69, 9.17) is 21.4 Å². The van der Waals surface area contributed by atoms with Crippen molar-refractivity contribution in [3.05, 3.63) is 27.8 Å².